The van der Waals surface area contributed by atoms with E-state index in [1.165, 1.54) is 6.40 Å². The lowest BCUT2D eigenvalue weighted by Crippen LogP contribution is -2.27. The average Bonchev–Trinajstić information content (AvgIpc) is 3.22. The molecule has 1 amide bonds. The van der Waals surface area contributed by atoms with Crippen molar-refractivity contribution in [2.24, 2.45) is 10.7 Å². The standard InChI is InChI=1S/C26H22N4O3/c27-25(31)24-15-19-16-30(24)12-11-28-17-32-13-5-1-2-6-18-9-10-20-21-7-3-4-8-23(21)29-26(33-19)22(20)14-18/h1-12,14-15,17,19H,13,16H2,(H2,27,31). The lowest BCUT2D eigenvalue weighted by molar-refractivity contribution is -0.115. The smallest absolute Gasteiger partial charge is 0.265 e. The van der Waals surface area contributed by atoms with Crippen LogP contribution in [0.5, 0.6) is 5.88 Å². The molecule has 2 aliphatic rings. The van der Waals surface area contributed by atoms with E-state index >= 15 is 0 Å². The minimum Gasteiger partial charge on any atom is -0.479 e. The second-order valence-corrected chi connectivity index (χ2v) is 7.64. The lowest BCUT2D eigenvalue weighted by Gasteiger charge is -2.18. The number of amides is 1. The third kappa shape index (κ3) is 4.34. The number of para-hydroxylation sites is 1. The number of nitrogens with two attached hydrogens (primary N) is 1. The maximum Gasteiger partial charge on any atom is 0.265 e. The number of aromatic nitrogens is 1. The molecule has 0 fully saturated rings. The van der Waals surface area contributed by atoms with Crippen LogP contribution in [0.1, 0.15) is 5.56 Å². The first-order chi connectivity index (χ1) is 16.2. The van der Waals surface area contributed by atoms with Gasteiger partial charge in [0.25, 0.3) is 5.91 Å². The number of hydrogen-bond donors (Lipinski definition) is 1. The van der Waals surface area contributed by atoms with Gasteiger partial charge in [-0.25, -0.2) is 9.98 Å². The minimum absolute atomic E-state index is 0.349. The Balaban J connectivity index is 1.63. The number of rotatable bonds is 1. The van der Waals surface area contributed by atoms with E-state index in [1.807, 2.05) is 42.5 Å². The van der Waals surface area contributed by atoms with Crippen LogP contribution in [0.2, 0.25) is 0 Å². The molecular formula is C26H22N4O3. The third-order valence-corrected chi connectivity index (χ3v) is 5.43. The summed E-state index contributed by atoms with van der Waals surface area (Å²) in [5.74, 6) is -0.0244. The monoisotopic (exact) mass is 438 g/mol. The van der Waals surface area contributed by atoms with Crippen LogP contribution in [-0.2, 0) is 9.53 Å². The zero-order valence-corrected chi connectivity index (χ0v) is 17.8. The molecule has 3 aromatic rings. The van der Waals surface area contributed by atoms with Crippen LogP contribution in [0.25, 0.3) is 27.8 Å². The van der Waals surface area contributed by atoms with Crippen molar-refractivity contribution in [1.29, 1.82) is 0 Å². The molecule has 0 saturated heterocycles. The first-order valence-electron chi connectivity index (χ1n) is 10.6. The molecule has 1 unspecified atom stereocenters. The van der Waals surface area contributed by atoms with Gasteiger partial charge in [-0.2, -0.15) is 0 Å². The van der Waals surface area contributed by atoms with Gasteiger partial charge in [0.15, 0.2) is 6.40 Å². The van der Waals surface area contributed by atoms with E-state index < -0.39 is 12.0 Å². The fraction of sp³-hybridized carbons (Fsp3) is 0.115. The quantitative estimate of drug-likeness (QED) is 0.582. The Kier molecular flexibility index (Phi) is 5.59. The van der Waals surface area contributed by atoms with Crippen LogP contribution in [0.3, 0.4) is 0 Å². The Bertz CT molecular complexity index is 1370. The fourth-order valence-corrected chi connectivity index (χ4v) is 3.93. The van der Waals surface area contributed by atoms with Crippen LogP contribution in [0, 0.1) is 0 Å². The number of allylic oxidation sites excluding steroid dienone is 2. The molecule has 1 atom stereocenters. The highest BCUT2D eigenvalue weighted by atomic mass is 16.5. The third-order valence-electron chi connectivity index (χ3n) is 5.43. The van der Waals surface area contributed by atoms with Gasteiger partial charge in [-0.3, -0.25) is 4.79 Å². The highest BCUT2D eigenvalue weighted by Gasteiger charge is 2.27. The molecule has 0 spiro atoms. The van der Waals surface area contributed by atoms with Crippen molar-refractivity contribution >= 4 is 40.1 Å². The van der Waals surface area contributed by atoms with E-state index in [-0.39, 0.29) is 0 Å². The highest BCUT2D eigenvalue weighted by molar-refractivity contribution is 6.08. The lowest BCUT2D eigenvalue weighted by atomic mass is 10.0. The first kappa shape index (κ1) is 20.5. The Labute approximate surface area is 190 Å². The molecule has 7 nitrogen and oxygen atoms in total. The predicted octanol–water partition coefficient (Wildman–Crippen LogP) is 3.92. The van der Waals surface area contributed by atoms with Crippen molar-refractivity contribution in [1.82, 2.24) is 9.88 Å². The van der Waals surface area contributed by atoms with Crippen LogP contribution in [0.4, 0.5) is 0 Å². The van der Waals surface area contributed by atoms with Crippen LogP contribution < -0.4 is 10.5 Å². The summed E-state index contributed by atoms with van der Waals surface area (Å²) in [4.78, 5) is 22.6. The number of pyridine rings is 1. The second kappa shape index (κ2) is 9.00. The molecule has 4 bridgehead atoms. The number of ether oxygens (including phenoxy) is 2. The first-order valence-corrected chi connectivity index (χ1v) is 10.6. The van der Waals surface area contributed by atoms with Crippen molar-refractivity contribution in [3.8, 4) is 5.88 Å². The molecule has 33 heavy (non-hydrogen) atoms. The van der Waals surface area contributed by atoms with Gasteiger partial charge < -0.3 is 20.1 Å². The van der Waals surface area contributed by atoms with E-state index in [9.17, 15) is 4.79 Å². The Hall–Kier alpha value is -4.39. The second-order valence-electron chi connectivity index (χ2n) is 7.64. The van der Waals surface area contributed by atoms with E-state index in [0.717, 1.165) is 27.2 Å². The fourth-order valence-electron chi connectivity index (χ4n) is 3.93. The molecule has 7 heteroatoms. The maximum atomic E-state index is 12.0. The number of nitrogens with zero attached hydrogens (tertiary/aromatic N) is 3. The highest BCUT2D eigenvalue weighted by Crippen LogP contribution is 2.33. The molecule has 3 heterocycles. The topological polar surface area (TPSA) is 90.0 Å². The summed E-state index contributed by atoms with van der Waals surface area (Å²) in [6.45, 7) is 0.801. The van der Waals surface area contributed by atoms with Gasteiger partial charge in [0.05, 0.1) is 12.1 Å². The zero-order chi connectivity index (χ0) is 22.6. The molecule has 2 aromatic carbocycles. The number of aliphatic imine (C=N–C) groups is 1. The van der Waals surface area contributed by atoms with Gasteiger partial charge in [0.2, 0.25) is 5.88 Å². The van der Waals surface area contributed by atoms with Gasteiger partial charge in [0, 0.05) is 23.2 Å². The summed E-state index contributed by atoms with van der Waals surface area (Å²) in [7, 11) is 0. The van der Waals surface area contributed by atoms with Gasteiger partial charge >= 0.3 is 0 Å². The minimum atomic E-state index is -0.536. The largest absolute Gasteiger partial charge is 0.479 e. The number of primary amides is 1. The molecule has 2 aliphatic heterocycles. The van der Waals surface area contributed by atoms with E-state index in [1.54, 1.807) is 23.4 Å². The van der Waals surface area contributed by atoms with Gasteiger partial charge in [-0.15, -0.1) is 0 Å². The molecule has 5 rings (SSSR count). The van der Waals surface area contributed by atoms with Gasteiger partial charge in [0.1, 0.15) is 18.4 Å². The van der Waals surface area contributed by atoms with Crippen molar-refractivity contribution in [3.63, 3.8) is 0 Å². The summed E-state index contributed by atoms with van der Waals surface area (Å²) in [6.07, 6.45) is 13.7. The number of hydrogen-bond acceptors (Lipinski definition) is 6. The maximum absolute atomic E-state index is 12.0. The van der Waals surface area contributed by atoms with E-state index in [0.29, 0.717) is 24.7 Å². The van der Waals surface area contributed by atoms with E-state index in [2.05, 4.69) is 29.3 Å². The Morgan fingerprint density at radius 1 is 1.09 bits per heavy atom. The number of benzene rings is 2. The number of carbonyl (C=O) groups is 1. The SMILES string of the molecule is NC(=O)C1=CC2CN1C=CN=COCC=CC=Cc1ccc3c(c1)c(nc1ccccc13)O2. The van der Waals surface area contributed by atoms with Gasteiger partial charge in [-0.1, -0.05) is 48.6 Å². The summed E-state index contributed by atoms with van der Waals surface area (Å²) in [5.41, 5.74) is 7.80. The van der Waals surface area contributed by atoms with E-state index in [4.69, 9.17) is 20.2 Å². The van der Waals surface area contributed by atoms with Crippen molar-refractivity contribution < 1.29 is 14.3 Å². The summed E-state index contributed by atoms with van der Waals surface area (Å²) in [5, 5.41) is 3.00. The number of fused-ring (bicyclic) bond motifs is 5. The normalized spacial score (nSPS) is 18.1. The molecule has 164 valence electrons. The van der Waals surface area contributed by atoms with Crippen molar-refractivity contribution in [3.05, 3.63) is 90.4 Å². The molecule has 0 aliphatic carbocycles. The van der Waals surface area contributed by atoms with Crippen LogP contribution >= 0.6 is 0 Å². The molecule has 2 N–H and O–H groups in total. The summed E-state index contributed by atoms with van der Waals surface area (Å²) >= 11 is 0. The number of carbonyl (C=O) groups excluding carboxylic acids is 1. The molecule has 0 radical (unpaired) electrons. The molecule has 1 aromatic heterocycles. The Morgan fingerprint density at radius 2 is 2.00 bits per heavy atom. The summed E-state index contributed by atoms with van der Waals surface area (Å²) < 4.78 is 11.7. The molecular weight excluding hydrogens is 416 g/mol. The predicted molar refractivity (Wildman–Crippen MR) is 129 cm³/mol. The van der Waals surface area contributed by atoms with Crippen molar-refractivity contribution in [2.45, 2.75) is 6.10 Å². The van der Waals surface area contributed by atoms with Crippen LogP contribution in [-0.4, -0.2) is 41.4 Å². The average molecular weight is 438 g/mol. The van der Waals surface area contributed by atoms with Crippen LogP contribution in [0.15, 0.2) is 89.9 Å². The van der Waals surface area contributed by atoms with Crippen molar-refractivity contribution in [2.75, 3.05) is 13.2 Å². The van der Waals surface area contributed by atoms with Gasteiger partial charge in [-0.05, 0) is 35.2 Å². The molecule has 0 saturated carbocycles. The Morgan fingerprint density at radius 3 is 2.91 bits per heavy atom. The zero-order valence-electron chi connectivity index (χ0n) is 17.8. The summed E-state index contributed by atoms with van der Waals surface area (Å²) in [6, 6.07) is 14.2.